The van der Waals surface area contributed by atoms with E-state index in [0.717, 1.165) is 4.31 Å². The third-order valence-electron chi connectivity index (χ3n) is 3.10. The van der Waals surface area contributed by atoms with Crippen molar-refractivity contribution >= 4 is 48.3 Å². The van der Waals surface area contributed by atoms with Crippen LogP contribution in [0.2, 0.25) is 0 Å². The van der Waals surface area contributed by atoms with Gasteiger partial charge in [-0.25, -0.2) is 13.7 Å². The summed E-state index contributed by atoms with van der Waals surface area (Å²) in [6.07, 6.45) is 0. The van der Waals surface area contributed by atoms with Crippen LogP contribution >= 0.6 is 0 Å². The lowest BCUT2D eigenvalue weighted by Crippen LogP contribution is -2.27. The van der Waals surface area contributed by atoms with Gasteiger partial charge >= 0.3 is 30.6 Å². The van der Waals surface area contributed by atoms with Crippen molar-refractivity contribution in [3.05, 3.63) is 0 Å². The van der Waals surface area contributed by atoms with Crippen molar-refractivity contribution in [1.29, 1.82) is 0 Å². The summed E-state index contributed by atoms with van der Waals surface area (Å²) in [5, 5.41) is 0. The highest BCUT2D eigenvalue weighted by Gasteiger charge is 2.31. The molecule has 3 saturated heterocycles. The number of hydrogen-bond donors (Lipinski definition) is 4. The maximum atomic E-state index is 10.6. The number of carbonyl (C=O) groups excluding carboxylic acids is 3. The Labute approximate surface area is 156 Å². The van der Waals surface area contributed by atoms with E-state index in [9.17, 15) is 39.6 Å². The number of nitrogens with zero attached hydrogens (tertiary/aromatic N) is 2. The normalized spacial score (nSPS) is 27.7. The molecule has 27 heavy (non-hydrogen) atoms. The molecular weight excluding hydrogens is 432 g/mol. The molecule has 3 amide bonds. The average Bonchev–Trinajstić information content (AvgIpc) is 2.98. The van der Waals surface area contributed by atoms with Crippen LogP contribution in [-0.4, -0.2) is 84.8 Å². The van der Waals surface area contributed by atoms with Crippen LogP contribution in [0.5, 0.6) is 0 Å². The zero-order valence-electron chi connectivity index (χ0n) is 14.3. The fourth-order valence-corrected chi connectivity index (χ4v) is 4.27. The molecule has 0 bridgehead atoms. The second-order valence-corrected chi connectivity index (χ2v) is 10.3. The summed E-state index contributed by atoms with van der Waals surface area (Å²) in [5.74, 6) is -1.40. The van der Waals surface area contributed by atoms with Gasteiger partial charge in [-0.05, 0) is 6.92 Å². The third-order valence-corrected chi connectivity index (χ3v) is 7.10. The van der Waals surface area contributed by atoms with Crippen molar-refractivity contribution in [2.45, 2.75) is 13.0 Å². The Morgan fingerprint density at radius 2 is 1.48 bits per heavy atom. The molecule has 18 heteroatoms. The van der Waals surface area contributed by atoms with Gasteiger partial charge in [0.05, 0.1) is 13.1 Å². The largest absolute Gasteiger partial charge is 0.304 e. The van der Waals surface area contributed by atoms with Gasteiger partial charge in [-0.2, -0.15) is 39.0 Å². The van der Waals surface area contributed by atoms with Gasteiger partial charge in [0.15, 0.2) is 0 Å². The first-order valence-electron chi connectivity index (χ1n) is 6.94. The van der Waals surface area contributed by atoms with Crippen LogP contribution in [0.3, 0.4) is 0 Å². The van der Waals surface area contributed by atoms with E-state index in [1.807, 2.05) is 4.72 Å². The summed E-state index contributed by atoms with van der Waals surface area (Å²) in [7, 11) is -7.81. The minimum atomic E-state index is -3.49. The molecule has 0 aliphatic carbocycles. The van der Waals surface area contributed by atoms with Crippen LogP contribution in [-0.2, 0) is 45.0 Å². The predicted octanol–water partition coefficient (Wildman–Crippen LogP) is -5.08. The molecule has 3 rings (SSSR count). The molecule has 1 atom stereocenters. The fraction of sp³-hybridized carbons (Fsp3) is 0.667. The van der Waals surface area contributed by atoms with Crippen molar-refractivity contribution in [2.75, 3.05) is 27.2 Å². The molecule has 0 spiro atoms. The van der Waals surface area contributed by atoms with Crippen molar-refractivity contribution in [2.24, 2.45) is 0 Å². The summed E-state index contributed by atoms with van der Waals surface area (Å²) < 4.78 is 72.4. The van der Waals surface area contributed by atoms with Crippen LogP contribution in [0, 0.1) is 0 Å². The van der Waals surface area contributed by atoms with E-state index in [1.165, 1.54) is 21.0 Å². The standard InChI is InChI=1S/3C3H6N2O3S/c1-5-2-3(6)4-9(5,7)8;1-5-3(6)2-4-9(5,7)8;1-2-3(6)5-9(7,8)4-2/h2H2,1H3,(H,4,6);4H,2H2,1H3;2,4H,1H3,(H,5,6). The Kier molecular flexibility index (Phi) is 6.89. The second-order valence-electron chi connectivity index (χ2n) is 5.28. The van der Waals surface area contributed by atoms with Crippen LogP contribution in [0.1, 0.15) is 6.92 Å². The topological polar surface area (TPSA) is 208 Å². The van der Waals surface area contributed by atoms with Gasteiger partial charge < -0.3 is 0 Å². The minimum Gasteiger partial charge on any atom is -0.272 e. The highest BCUT2D eigenvalue weighted by molar-refractivity contribution is 7.88. The molecular formula is C9H18N6O9S3. The lowest BCUT2D eigenvalue weighted by Gasteiger charge is -2.03. The van der Waals surface area contributed by atoms with Gasteiger partial charge in [0.25, 0.3) is 11.8 Å². The van der Waals surface area contributed by atoms with Crippen LogP contribution in [0.4, 0.5) is 0 Å². The molecule has 0 aromatic rings. The van der Waals surface area contributed by atoms with E-state index in [1.54, 1.807) is 9.44 Å². The highest BCUT2D eigenvalue weighted by atomic mass is 32.2. The smallest absolute Gasteiger partial charge is 0.272 e. The molecule has 3 aliphatic heterocycles. The lowest BCUT2D eigenvalue weighted by molar-refractivity contribution is -0.123. The fourth-order valence-electron chi connectivity index (χ4n) is 1.57. The van der Waals surface area contributed by atoms with Gasteiger partial charge in [-0.15, -0.1) is 0 Å². The molecule has 0 aromatic carbocycles. The Balaban J connectivity index is 0.000000202. The summed E-state index contributed by atoms with van der Waals surface area (Å²) in [4.78, 5) is 31.2. The highest BCUT2D eigenvalue weighted by Crippen LogP contribution is 2.00. The summed E-state index contributed by atoms with van der Waals surface area (Å²) >= 11 is 0. The number of rotatable bonds is 0. The second kappa shape index (κ2) is 8.02. The Bertz CT molecular complexity index is 928. The van der Waals surface area contributed by atoms with Crippen LogP contribution in [0.15, 0.2) is 0 Å². The zero-order chi connectivity index (χ0) is 21.2. The first-order chi connectivity index (χ1) is 12.1. The third kappa shape index (κ3) is 6.36. The molecule has 4 N–H and O–H groups in total. The van der Waals surface area contributed by atoms with E-state index in [4.69, 9.17) is 0 Å². The first-order valence-corrected chi connectivity index (χ1v) is 11.3. The SMILES string of the molecule is CC1NS(=O)(=O)NC1=O.CN1C(=O)CNS1(=O)=O.CN1CC(=O)NS1(=O)=O. The molecule has 3 heterocycles. The number of amides is 3. The number of carbonyl (C=O) groups is 3. The molecule has 1 unspecified atom stereocenters. The van der Waals surface area contributed by atoms with Gasteiger partial charge in [0.1, 0.15) is 6.04 Å². The zero-order valence-corrected chi connectivity index (χ0v) is 16.7. The minimum absolute atomic E-state index is 0.0671. The van der Waals surface area contributed by atoms with E-state index in [-0.39, 0.29) is 13.1 Å². The van der Waals surface area contributed by atoms with Crippen molar-refractivity contribution < 1.29 is 39.6 Å². The van der Waals surface area contributed by atoms with Crippen LogP contribution in [0.25, 0.3) is 0 Å². The molecule has 0 aromatic heterocycles. The first kappa shape index (κ1) is 23.2. The number of hydrogen-bond acceptors (Lipinski definition) is 9. The predicted molar refractivity (Wildman–Crippen MR) is 89.0 cm³/mol. The summed E-state index contributed by atoms with van der Waals surface area (Å²) in [6.45, 7) is 1.29. The molecule has 156 valence electrons. The molecule has 3 fully saturated rings. The Hall–Kier alpha value is -1.86. The lowest BCUT2D eigenvalue weighted by atomic mass is 10.4. The van der Waals surface area contributed by atoms with Gasteiger partial charge in [-0.1, -0.05) is 0 Å². The van der Waals surface area contributed by atoms with E-state index >= 15 is 0 Å². The van der Waals surface area contributed by atoms with E-state index < -0.39 is 54.4 Å². The van der Waals surface area contributed by atoms with Gasteiger partial charge in [0, 0.05) is 14.1 Å². The van der Waals surface area contributed by atoms with Crippen molar-refractivity contribution in [1.82, 2.24) is 27.5 Å². The summed E-state index contributed by atoms with van der Waals surface area (Å²) in [5.41, 5.74) is 0. The maximum absolute atomic E-state index is 10.6. The van der Waals surface area contributed by atoms with Crippen molar-refractivity contribution in [3.8, 4) is 0 Å². The van der Waals surface area contributed by atoms with Gasteiger partial charge in [-0.3, -0.25) is 14.4 Å². The number of nitrogens with one attached hydrogen (secondary N) is 4. The summed E-state index contributed by atoms with van der Waals surface area (Å²) in [6, 6.07) is -0.630. The Morgan fingerprint density at radius 1 is 0.926 bits per heavy atom. The van der Waals surface area contributed by atoms with E-state index in [2.05, 4.69) is 4.72 Å². The van der Waals surface area contributed by atoms with Gasteiger partial charge in [0.2, 0.25) is 5.91 Å². The van der Waals surface area contributed by atoms with E-state index in [0.29, 0.717) is 4.31 Å². The van der Waals surface area contributed by atoms with Crippen LogP contribution < -0.4 is 18.9 Å². The molecule has 15 nitrogen and oxygen atoms in total. The monoisotopic (exact) mass is 450 g/mol. The average molecular weight is 450 g/mol. The maximum Gasteiger partial charge on any atom is 0.304 e. The quantitative estimate of drug-likeness (QED) is 0.278. The molecule has 0 saturated carbocycles. The van der Waals surface area contributed by atoms with Crippen molar-refractivity contribution in [3.63, 3.8) is 0 Å². The molecule has 3 aliphatic rings. The Morgan fingerprint density at radius 3 is 1.59 bits per heavy atom. The molecule has 0 radical (unpaired) electrons. The number of likely N-dealkylation sites (N-methyl/N-ethyl adjacent to an activating group) is 2.